The Labute approximate surface area is 119 Å². The summed E-state index contributed by atoms with van der Waals surface area (Å²) in [6.45, 7) is 4.00. The highest BCUT2D eigenvalue weighted by atomic mass is 16.1. The predicted octanol–water partition coefficient (Wildman–Crippen LogP) is 4.94. The largest absolute Gasteiger partial charge is 0.299 e. The minimum Gasteiger partial charge on any atom is -0.299 e. The molecule has 0 aromatic heterocycles. The van der Waals surface area contributed by atoms with Crippen molar-refractivity contribution in [3.05, 3.63) is 77.9 Å². The van der Waals surface area contributed by atoms with Gasteiger partial charge in [0.25, 0.3) is 0 Å². The van der Waals surface area contributed by atoms with Crippen LogP contribution in [0.1, 0.15) is 19.4 Å². The molecule has 0 atom stereocenters. The molecule has 0 N–H and O–H groups in total. The Hall–Kier alpha value is -2.41. The van der Waals surface area contributed by atoms with Gasteiger partial charge in [-0.3, -0.25) is 4.79 Å². The highest BCUT2D eigenvalue weighted by Crippen LogP contribution is 2.20. The van der Waals surface area contributed by atoms with Crippen LogP contribution in [-0.2, 0) is 4.79 Å². The first-order valence-electron chi connectivity index (χ1n) is 6.67. The minimum atomic E-state index is 0.805. The van der Waals surface area contributed by atoms with Crippen molar-refractivity contribution in [1.29, 1.82) is 0 Å². The topological polar surface area (TPSA) is 17.1 Å². The molecule has 100 valence electrons. The highest BCUT2D eigenvalue weighted by molar-refractivity contribution is 5.86. The van der Waals surface area contributed by atoms with Crippen molar-refractivity contribution < 1.29 is 4.79 Å². The molecule has 0 spiro atoms. The average Bonchev–Trinajstić information content (AvgIpc) is 2.47. The van der Waals surface area contributed by atoms with Gasteiger partial charge in [0.2, 0.25) is 0 Å². The summed E-state index contributed by atoms with van der Waals surface area (Å²) < 4.78 is 0. The Balaban J connectivity index is 2.24. The van der Waals surface area contributed by atoms with Gasteiger partial charge in [0.05, 0.1) is 0 Å². The number of carbonyl (C=O) groups excluding carboxylic acids is 1. The van der Waals surface area contributed by atoms with E-state index in [2.05, 4.69) is 55.5 Å². The first-order valence-corrected chi connectivity index (χ1v) is 6.67. The Bertz CT molecular complexity index is 703. The number of rotatable bonds is 4. The van der Waals surface area contributed by atoms with E-state index in [1.807, 2.05) is 19.1 Å². The third-order valence-corrected chi connectivity index (χ3v) is 3.24. The van der Waals surface area contributed by atoms with Gasteiger partial charge in [0.1, 0.15) is 6.29 Å². The number of aldehydes is 1. The summed E-state index contributed by atoms with van der Waals surface area (Å²) in [5.41, 5.74) is 3.36. The molecule has 0 radical (unpaired) electrons. The molecule has 2 rings (SSSR count). The maximum atomic E-state index is 10.3. The van der Waals surface area contributed by atoms with Gasteiger partial charge in [0.15, 0.2) is 0 Å². The van der Waals surface area contributed by atoms with E-state index in [9.17, 15) is 4.79 Å². The standard InChI is InChI=1S/C19H18O/c1-15(12-13-20)6-5-7-16(2)18-11-10-17-8-3-4-9-19(17)14-18/h3-14H,1-2H3/b6-5+,15-12+,16-7+. The van der Waals surface area contributed by atoms with Crippen LogP contribution in [-0.4, -0.2) is 6.29 Å². The van der Waals surface area contributed by atoms with Crippen molar-refractivity contribution in [1.82, 2.24) is 0 Å². The monoisotopic (exact) mass is 262 g/mol. The lowest BCUT2D eigenvalue weighted by atomic mass is 10.0. The van der Waals surface area contributed by atoms with Gasteiger partial charge in [-0.05, 0) is 53.5 Å². The van der Waals surface area contributed by atoms with E-state index in [1.165, 1.54) is 21.9 Å². The summed E-state index contributed by atoms with van der Waals surface area (Å²) >= 11 is 0. The molecule has 0 fully saturated rings. The van der Waals surface area contributed by atoms with Crippen LogP contribution in [0.3, 0.4) is 0 Å². The Kier molecular flexibility index (Phi) is 4.67. The molecular formula is C19H18O. The summed E-state index contributed by atoms with van der Waals surface area (Å²) in [6, 6.07) is 14.8. The first-order chi connectivity index (χ1) is 9.70. The fraction of sp³-hybridized carbons (Fsp3) is 0.105. The molecule has 1 heteroatoms. The Morgan fingerprint density at radius 3 is 2.45 bits per heavy atom. The summed E-state index contributed by atoms with van der Waals surface area (Å²) in [5, 5.41) is 2.50. The van der Waals surface area contributed by atoms with Crippen LogP contribution < -0.4 is 0 Å². The maximum Gasteiger partial charge on any atom is 0.143 e. The van der Waals surface area contributed by atoms with Gasteiger partial charge < -0.3 is 0 Å². The smallest absolute Gasteiger partial charge is 0.143 e. The van der Waals surface area contributed by atoms with Crippen LogP contribution in [0.15, 0.2) is 72.3 Å². The molecule has 2 aromatic rings. The van der Waals surface area contributed by atoms with Crippen LogP contribution in [0.25, 0.3) is 16.3 Å². The van der Waals surface area contributed by atoms with Gasteiger partial charge in [-0.1, -0.05) is 54.6 Å². The van der Waals surface area contributed by atoms with E-state index in [1.54, 1.807) is 6.08 Å². The van der Waals surface area contributed by atoms with Crippen LogP contribution >= 0.6 is 0 Å². The van der Waals surface area contributed by atoms with E-state index in [4.69, 9.17) is 0 Å². The highest BCUT2D eigenvalue weighted by Gasteiger charge is 1.97. The van der Waals surface area contributed by atoms with Crippen molar-refractivity contribution in [2.45, 2.75) is 13.8 Å². The molecule has 0 heterocycles. The zero-order valence-electron chi connectivity index (χ0n) is 11.8. The Morgan fingerprint density at radius 2 is 1.70 bits per heavy atom. The van der Waals surface area contributed by atoms with Crippen LogP contribution in [0.4, 0.5) is 0 Å². The van der Waals surface area contributed by atoms with Crippen molar-refractivity contribution in [3.63, 3.8) is 0 Å². The van der Waals surface area contributed by atoms with Crippen molar-refractivity contribution in [2.75, 3.05) is 0 Å². The molecule has 0 saturated heterocycles. The van der Waals surface area contributed by atoms with Crippen molar-refractivity contribution in [2.24, 2.45) is 0 Å². The van der Waals surface area contributed by atoms with Crippen LogP contribution in [0.5, 0.6) is 0 Å². The molecular weight excluding hydrogens is 244 g/mol. The maximum absolute atomic E-state index is 10.3. The van der Waals surface area contributed by atoms with E-state index >= 15 is 0 Å². The van der Waals surface area contributed by atoms with Gasteiger partial charge in [-0.2, -0.15) is 0 Å². The first kappa shape index (κ1) is 14.0. The lowest BCUT2D eigenvalue weighted by Crippen LogP contribution is -1.80. The number of fused-ring (bicyclic) bond motifs is 1. The fourth-order valence-electron chi connectivity index (χ4n) is 2.04. The Morgan fingerprint density at radius 1 is 0.950 bits per heavy atom. The fourth-order valence-corrected chi connectivity index (χ4v) is 2.04. The van der Waals surface area contributed by atoms with E-state index in [-0.39, 0.29) is 0 Å². The molecule has 0 saturated carbocycles. The zero-order chi connectivity index (χ0) is 14.4. The van der Waals surface area contributed by atoms with Crippen molar-refractivity contribution in [3.8, 4) is 0 Å². The minimum absolute atomic E-state index is 0.805. The third kappa shape index (κ3) is 3.55. The van der Waals surface area contributed by atoms with Gasteiger partial charge in [-0.25, -0.2) is 0 Å². The van der Waals surface area contributed by atoms with Crippen LogP contribution in [0.2, 0.25) is 0 Å². The summed E-state index contributed by atoms with van der Waals surface area (Å²) in [4.78, 5) is 10.3. The van der Waals surface area contributed by atoms with E-state index in [0.29, 0.717) is 0 Å². The molecule has 0 bridgehead atoms. The number of hydrogen-bond acceptors (Lipinski definition) is 1. The second-order valence-electron chi connectivity index (χ2n) is 4.82. The summed E-state index contributed by atoms with van der Waals surface area (Å²) in [6.07, 6.45) is 8.32. The lowest BCUT2D eigenvalue weighted by molar-refractivity contribution is -0.104. The molecule has 0 aliphatic rings. The molecule has 20 heavy (non-hydrogen) atoms. The molecule has 0 amide bonds. The number of allylic oxidation sites excluding steroid dienone is 6. The van der Waals surface area contributed by atoms with Crippen molar-refractivity contribution >= 4 is 22.6 Å². The third-order valence-electron chi connectivity index (χ3n) is 3.24. The van der Waals surface area contributed by atoms with E-state index in [0.717, 1.165) is 11.9 Å². The van der Waals surface area contributed by atoms with Gasteiger partial charge >= 0.3 is 0 Å². The molecule has 1 nitrogen and oxygen atoms in total. The molecule has 0 unspecified atom stereocenters. The molecule has 2 aromatic carbocycles. The second kappa shape index (κ2) is 6.67. The quantitative estimate of drug-likeness (QED) is 0.433. The summed E-state index contributed by atoms with van der Waals surface area (Å²) in [5.74, 6) is 0. The SMILES string of the molecule is CC(/C=C/C=C(\C)c1ccc2ccccc2c1)=C\C=O. The molecule has 0 aliphatic carbocycles. The predicted molar refractivity (Wildman–Crippen MR) is 86.6 cm³/mol. The normalized spacial score (nSPS) is 13.1. The summed E-state index contributed by atoms with van der Waals surface area (Å²) in [7, 11) is 0. The van der Waals surface area contributed by atoms with E-state index < -0.39 is 0 Å². The van der Waals surface area contributed by atoms with Gasteiger partial charge in [-0.15, -0.1) is 0 Å². The lowest BCUT2D eigenvalue weighted by Gasteiger charge is -2.03. The molecule has 0 aliphatic heterocycles. The van der Waals surface area contributed by atoms with Gasteiger partial charge in [0, 0.05) is 0 Å². The number of carbonyl (C=O) groups is 1. The number of hydrogen-bond donors (Lipinski definition) is 0. The average molecular weight is 262 g/mol. The zero-order valence-corrected chi connectivity index (χ0v) is 11.8. The second-order valence-corrected chi connectivity index (χ2v) is 4.82. The number of benzene rings is 2. The van der Waals surface area contributed by atoms with Crippen LogP contribution in [0, 0.1) is 0 Å².